The fourth-order valence-electron chi connectivity index (χ4n) is 2.60. The molecular formula is C15H21ClN2O. The predicted octanol–water partition coefficient (Wildman–Crippen LogP) is 2.47. The van der Waals surface area contributed by atoms with Crippen LogP contribution in [0.1, 0.15) is 25.3 Å². The molecule has 4 heteroatoms. The van der Waals surface area contributed by atoms with E-state index in [2.05, 4.69) is 6.92 Å². The van der Waals surface area contributed by atoms with Crippen LogP contribution in [-0.2, 0) is 11.2 Å². The molecule has 2 atom stereocenters. The second-order valence-electron chi connectivity index (χ2n) is 5.26. The van der Waals surface area contributed by atoms with Gasteiger partial charge in [-0.2, -0.15) is 0 Å². The van der Waals surface area contributed by atoms with Gasteiger partial charge < -0.3 is 10.6 Å². The van der Waals surface area contributed by atoms with Gasteiger partial charge in [0.15, 0.2) is 0 Å². The van der Waals surface area contributed by atoms with Gasteiger partial charge in [-0.25, -0.2) is 0 Å². The Balaban J connectivity index is 1.94. The molecule has 2 N–H and O–H groups in total. The molecule has 1 heterocycles. The Hall–Kier alpha value is -1.06. The number of nitrogens with two attached hydrogens (primary N) is 1. The maximum atomic E-state index is 12.3. The molecule has 1 fully saturated rings. The summed E-state index contributed by atoms with van der Waals surface area (Å²) in [6.45, 7) is 3.71. The van der Waals surface area contributed by atoms with E-state index in [0.717, 1.165) is 31.5 Å². The topological polar surface area (TPSA) is 46.3 Å². The lowest BCUT2D eigenvalue weighted by molar-refractivity contribution is -0.132. The lowest BCUT2D eigenvalue weighted by atomic mass is 9.90. The number of hydrogen-bond acceptors (Lipinski definition) is 2. The first-order valence-electron chi connectivity index (χ1n) is 6.88. The lowest BCUT2D eigenvalue weighted by Gasteiger charge is -2.36. The number of hydrogen-bond donors (Lipinski definition) is 1. The van der Waals surface area contributed by atoms with Crippen LogP contribution in [0.3, 0.4) is 0 Å². The van der Waals surface area contributed by atoms with Gasteiger partial charge in [-0.3, -0.25) is 4.79 Å². The van der Waals surface area contributed by atoms with E-state index >= 15 is 0 Å². The van der Waals surface area contributed by atoms with Crippen molar-refractivity contribution in [2.45, 2.75) is 32.2 Å². The van der Waals surface area contributed by atoms with E-state index in [1.54, 1.807) is 0 Å². The van der Waals surface area contributed by atoms with Crippen LogP contribution in [0, 0.1) is 5.92 Å². The molecule has 3 nitrogen and oxygen atoms in total. The highest BCUT2D eigenvalue weighted by Crippen LogP contribution is 2.19. The number of rotatable bonds is 3. The number of carbonyl (C=O) groups excluding carboxylic acids is 1. The van der Waals surface area contributed by atoms with Crippen LogP contribution in [0.25, 0.3) is 0 Å². The molecule has 0 saturated carbocycles. The monoisotopic (exact) mass is 280 g/mol. The van der Waals surface area contributed by atoms with Gasteiger partial charge in [-0.05, 0) is 30.0 Å². The van der Waals surface area contributed by atoms with Crippen molar-refractivity contribution < 1.29 is 4.79 Å². The summed E-state index contributed by atoms with van der Waals surface area (Å²) in [5, 5.41) is 0.700. The minimum Gasteiger partial charge on any atom is -0.342 e. The van der Waals surface area contributed by atoms with Crippen molar-refractivity contribution >= 4 is 17.5 Å². The Morgan fingerprint density at radius 1 is 1.42 bits per heavy atom. The normalized spacial score (nSPS) is 23.4. The van der Waals surface area contributed by atoms with Crippen molar-refractivity contribution in [3.8, 4) is 0 Å². The lowest BCUT2D eigenvalue weighted by Crippen LogP contribution is -2.49. The molecule has 2 unspecified atom stereocenters. The predicted molar refractivity (Wildman–Crippen MR) is 78.1 cm³/mol. The Labute approximate surface area is 119 Å². The van der Waals surface area contributed by atoms with Gasteiger partial charge in [0.05, 0.1) is 6.42 Å². The third-order valence-electron chi connectivity index (χ3n) is 3.94. The maximum absolute atomic E-state index is 12.3. The quantitative estimate of drug-likeness (QED) is 0.924. The number of nitrogens with zero attached hydrogens (tertiary/aromatic N) is 1. The third-order valence-corrected chi connectivity index (χ3v) is 4.19. The van der Waals surface area contributed by atoms with Crippen molar-refractivity contribution in [3.05, 3.63) is 34.9 Å². The molecule has 1 aliphatic heterocycles. The van der Waals surface area contributed by atoms with E-state index in [-0.39, 0.29) is 11.9 Å². The zero-order chi connectivity index (χ0) is 13.8. The molecule has 0 bridgehead atoms. The van der Waals surface area contributed by atoms with Crippen molar-refractivity contribution in [1.29, 1.82) is 0 Å². The zero-order valence-electron chi connectivity index (χ0n) is 11.3. The molecule has 0 spiro atoms. The summed E-state index contributed by atoms with van der Waals surface area (Å²) < 4.78 is 0. The summed E-state index contributed by atoms with van der Waals surface area (Å²) in [6, 6.07) is 7.71. The van der Waals surface area contributed by atoms with Crippen molar-refractivity contribution in [2.24, 2.45) is 11.7 Å². The van der Waals surface area contributed by atoms with Gasteiger partial charge in [0, 0.05) is 24.2 Å². The molecule has 1 aliphatic rings. The van der Waals surface area contributed by atoms with Crippen molar-refractivity contribution in [1.82, 2.24) is 4.90 Å². The van der Waals surface area contributed by atoms with Crippen LogP contribution < -0.4 is 5.73 Å². The summed E-state index contributed by atoms with van der Waals surface area (Å²) >= 11 is 5.84. The number of piperidine rings is 1. The van der Waals surface area contributed by atoms with Gasteiger partial charge in [-0.15, -0.1) is 0 Å². The molecule has 0 aromatic heterocycles. The fraction of sp³-hybridized carbons (Fsp3) is 0.533. The minimum absolute atomic E-state index is 0.188. The maximum Gasteiger partial charge on any atom is 0.227 e. The van der Waals surface area contributed by atoms with E-state index in [0.29, 0.717) is 17.4 Å². The summed E-state index contributed by atoms with van der Waals surface area (Å²) in [6.07, 6.45) is 2.39. The van der Waals surface area contributed by atoms with Crippen LogP contribution >= 0.6 is 11.6 Å². The minimum atomic E-state index is 0.188. The molecule has 1 amide bonds. The van der Waals surface area contributed by atoms with Gasteiger partial charge in [-0.1, -0.05) is 37.1 Å². The Bertz CT molecular complexity index is 432. The summed E-state index contributed by atoms with van der Waals surface area (Å²) in [5.41, 5.74) is 7.08. The molecule has 19 heavy (non-hydrogen) atoms. The molecule has 1 aromatic carbocycles. The summed E-state index contributed by atoms with van der Waals surface area (Å²) in [5.74, 6) is 0.621. The number of halogens is 1. The highest BCUT2D eigenvalue weighted by atomic mass is 35.5. The van der Waals surface area contributed by atoms with Gasteiger partial charge >= 0.3 is 0 Å². The summed E-state index contributed by atoms with van der Waals surface area (Å²) in [7, 11) is 0. The van der Waals surface area contributed by atoms with Crippen LogP contribution in [-0.4, -0.2) is 29.9 Å². The zero-order valence-corrected chi connectivity index (χ0v) is 12.1. The van der Waals surface area contributed by atoms with Crippen LogP contribution in [0.2, 0.25) is 5.02 Å². The molecular weight excluding hydrogens is 260 g/mol. The number of likely N-dealkylation sites (tertiary alicyclic amines) is 1. The molecule has 1 aromatic rings. The first-order chi connectivity index (χ1) is 9.10. The number of benzene rings is 1. The number of amides is 1. The third kappa shape index (κ3) is 3.71. The smallest absolute Gasteiger partial charge is 0.227 e. The van der Waals surface area contributed by atoms with E-state index in [1.807, 2.05) is 29.2 Å². The first-order valence-corrected chi connectivity index (χ1v) is 7.25. The highest BCUT2D eigenvalue weighted by molar-refractivity contribution is 6.30. The molecule has 0 aliphatic carbocycles. The van der Waals surface area contributed by atoms with Crippen LogP contribution in [0.5, 0.6) is 0 Å². The Morgan fingerprint density at radius 3 is 2.74 bits per heavy atom. The van der Waals surface area contributed by atoms with Gasteiger partial charge in [0.25, 0.3) is 0 Å². The molecule has 1 saturated heterocycles. The molecule has 2 rings (SSSR count). The van der Waals surface area contributed by atoms with Crippen molar-refractivity contribution in [3.63, 3.8) is 0 Å². The average Bonchev–Trinajstić information content (AvgIpc) is 2.42. The average molecular weight is 281 g/mol. The van der Waals surface area contributed by atoms with E-state index in [1.165, 1.54) is 0 Å². The SMILES string of the molecule is CCC1CN(C(=O)Cc2ccc(Cl)cc2)CCC1N. The Morgan fingerprint density at radius 2 is 2.11 bits per heavy atom. The highest BCUT2D eigenvalue weighted by Gasteiger charge is 2.27. The van der Waals surface area contributed by atoms with E-state index in [4.69, 9.17) is 17.3 Å². The fourth-order valence-corrected chi connectivity index (χ4v) is 2.72. The standard InChI is InChI=1S/C15H21ClN2O/c1-2-12-10-18(8-7-14(12)17)15(19)9-11-3-5-13(16)6-4-11/h3-6,12,14H,2,7-10,17H2,1H3. The molecule has 104 valence electrons. The molecule has 0 radical (unpaired) electrons. The van der Waals surface area contributed by atoms with Crippen LogP contribution in [0.4, 0.5) is 0 Å². The van der Waals surface area contributed by atoms with Crippen molar-refractivity contribution in [2.75, 3.05) is 13.1 Å². The van der Waals surface area contributed by atoms with Gasteiger partial charge in [0.1, 0.15) is 0 Å². The van der Waals surface area contributed by atoms with E-state index in [9.17, 15) is 4.79 Å². The van der Waals surface area contributed by atoms with Crippen LogP contribution in [0.15, 0.2) is 24.3 Å². The van der Waals surface area contributed by atoms with E-state index < -0.39 is 0 Å². The Kier molecular flexibility index (Phi) is 4.83. The first kappa shape index (κ1) is 14.4. The van der Waals surface area contributed by atoms with Gasteiger partial charge in [0.2, 0.25) is 5.91 Å². The number of carbonyl (C=O) groups is 1. The second kappa shape index (κ2) is 6.40. The largest absolute Gasteiger partial charge is 0.342 e. The summed E-state index contributed by atoms with van der Waals surface area (Å²) in [4.78, 5) is 14.2. The second-order valence-corrected chi connectivity index (χ2v) is 5.70.